The molecule has 0 N–H and O–H groups in total. The lowest BCUT2D eigenvalue weighted by atomic mass is 10.3. The average molecular weight is 382 g/mol. The number of halogens is 5. The van der Waals surface area contributed by atoms with Crippen molar-refractivity contribution < 1.29 is 22.8 Å². The van der Waals surface area contributed by atoms with Crippen molar-refractivity contribution in [2.75, 3.05) is 0 Å². The van der Waals surface area contributed by atoms with Gasteiger partial charge in [-0.05, 0) is 22.6 Å². The van der Waals surface area contributed by atoms with Crippen LogP contribution in [0.2, 0.25) is 0 Å². The third-order valence-electron chi connectivity index (χ3n) is 1.53. The Morgan fingerprint density at radius 2 is 2.18 bits per heavy atom. The third kappa shape index (κ3) is 3.84. The maximum atomic E-state index is 11.9. The zero-order valence-electron chi connectivity index (χ0n) is 7.79. The average Bonchev–Trinajstić information content (AvgIpc) is 2.17. The zero-order chi connectivity index (χ0) is 13.2. The van der Waals surface area contributed by atoms with Crippen LogP contribution < -0.4 is 4.74 Å². The Balaban J connectivity index is 3.25. The Morgan fingerprint density at radius 3 is 2.59 bits per heavy atom. The lowest BCUT2D eigenvalue weighted by molar-refractivity contribution is -0.386. The summed E-state index contributed by atoms with van der Waals surface area (Å²) in [5.74, 6) is -1.16. The minimum Gasteiger partial charge on any atom is -0.388 e. The molecule has 17 heavy (non-hydrogen) atoms. The van der Waals surface area contributed by atoms with Gasteiger partial charge in [0, 0.05) is 0 Å². The highest BCUT2D eigenvalue weighted by atomic mass is 127. The smallest absolute Gasteiger partial charge is 0.388 e. The molecular formula is C7H3ClF3IN2O3. The quantitative estimate of drug-likeness (QED) is 0.348. The van der Waals surface area contributed by atoms with E-state index < -0.39 is 22.9 Å². The highest BCUT2D eigenvalue weighted by Crippen LogP contribution is 2.30. The Kier molecular flexibility index (Phi) is 4.36. The number of rotatable bonds is 3. The molecule has 1 aromatic heterocycles. The van der Waals surface area contributed by atoms with Crippen molar-refractivity contribution in [1.29, 1.82) is 0 Å². The molecule has 0 saturated carbocycles. The molecular weight excluding hydrogens is 379 g/mol. The summed E-state index contributed by atoms with van der Waals surface area (Å²) in [7, 11) is 0. The highest BCUT2D eigenvalue weighted by molar-refractivity contribution is 14.1. The Labute approximate surface area is 111 Å². The molecule has 1 rings (SSSR count). The standard InChI is InChI=1S/C7H3ClF3IN2O3/c8-2-3-6(12)4(14(15)16)1-5(13-3)17-7(9,10)11/h1H,2H2. The van der Waals surface area contributed by atoms with Crippen LogP contribution >= 0.6 is 34.2 Å². The molecule has 0 saturated heterocycles. The van der Waals surface area contributed by atoms with E-state index in [0.717, 1.165) is 0 Å². The molecule has 0 fully saturated rings. The van der Waals surface area contributed by atoms with Gasteiger partial charge in [-0.15, -0.1) is 24.8 Å². The van der Waals surface area contributed by atoms with Gasteiger partial charge in [0.25, 0.3) is 5.69 Å². The van der Waals surface area contributed by atoms with E-state index in [2.05, 4.69) is 9.72 Å². The van der Waals surface area contributed by atoms with Crippen molar-refractivity contribution in [3.63, 3.8) is 0 Å². The van der Waals surface area contributed by atoms with Gasteiger partial charge in [-0.25, -0.2) is 4.98 Å². The molecule has 0 aliphatic rings. The van der Waals surface area contributed by atoms with Gasteiger partial charge in [0.2, 0.25) is 5.88 Å². The molecule has 0 spiro atoms. The molecule has 94 valence electrons. The van der Waals surface area contributed by atoms with Crippen molar-refractivity contribution in [3.8, 4) is 5.88 Å². The number of ether oxygens (including phenoxy) is 1. The molecule has 0 amide bonds. The fourth-order valence-electron chi connectivity index (χ4n) is 0.935. The van der Waals surface area contributed by atoms with Crippen molar-refractivity contribution in [2.24, 2.45) is 0 Å². The van der Waals surface area contributed by atoms with Crippen LogP contribution in [0.3, 0.4) is 0 Å². The fraction of sp³-hybridized carbons (Fsp3) is 0.286. The number of nitro groups is 1. The van der Waals surface area contributed by atoms with Crippen molar-refractivity contribution in [1.82, 2.24) is 4.98 Å². The van der Waals surface area contributed by atoms with Crippen molar-refractivity contribution in [3.05, 3.63) is 25.4 Å². The summed E-state index contributed by atoms with van der Waals surface area (Å²) in [6, 6.07) is 0.602. The molecule has 0 bridgehead atoms. The molecule has 0 aromatic carbocycles. The molecule has 1 aromatic rings. The second-order valence-corrected chi connectivity index (χ2v) is 4.02. The van der Waals surface area contributed by atoms with Gasteiger partial charge in [-0.1, -0.05) is 0 Å². The summed E-state index contributed by atoms with van der Waals surface area (Å²) in [5.41, 5.74) is -0.573. The number of nitrogens with zero attached hydrogens (tertiary/aromatic N) is 2. The van der Waals surface area contributed by atoms with Crippen LogP contribution in [0.15, 0.2) is 6.07 Å². The van der Waals surface area contributed by atoms with Gasteiger partial charge in [-0.3, -0.25) is 10.1 Å². The summed E-state index contributed by atoms with van der Waals surface area (Å²) in [4.78, 5) is 13.2. The van der Waals surface area contributed by atoms with Gasteiger partial charge in [0.1, 0.15) is 3.57 Å². The van der Waals surface area contributed by atoms with Crippen LogP contribution in [0.5, 0.6) is 5.88 Å². The van der Waals surface area contributed by atoms with Crippen LogP contribution in [0.25, 0.3) is 0 Å². The summed E-state index contributed by atoms with van der Waals surface area (Å²) in [6.07, 6.45) is -4.96. The number of hydrogen-bond acceptors (Lipinski definition) is 4. The lowest BCUT2D eigenvalue weighted by Crippen LogP contribution is -2.18. The molecule has 5 nitrogen and oxygen atoms in total. The Hall–Kier alpha value is -0.840. The van der Waals surface area contributed by atoms with Gasteiger partial charge in [0.15, 0.2) is 0 Å². The zero-order valence-corrected chi connectivity index (χ0v) is 10.7. The largest absolute Gasteiger partial charge is 0.574 e. The van der Waals surface area contributed by atoms with Gasteiger partial charge in [-0.2, -0.15) is 0 Å². The van der Waals surface area contributed by atoms with E-state index >= 15 is 0 Å². The molecule has 0 atom stereocenters. The normalized spacial score (nSPS) is 11.4. The minimum atomic E-state index is -4.96. The fourth-order valence-corrected chi connectivity index (χ4v) is 2.02. The molecule has 10 heteroatoms. The first-order valence-electron chi connectivity index (χ1n) is 3.90. The number of aromatic nitrogens is 1. The van der Waals surface area contributed by atoms with Crippen LogP contribution in [-0.4, -0.2) is 16.3 Å². The van der Waals surface area contributed by atoms with E-state index in [9.17, 15) is 23.3 Å². The summed E-state index contributed by atoms with van der Waals surface area (Å²) in [5, 5.41) is 10.6. The van der Waals surface area contributed by atoms with Crippen molar-refractivity contribution >= 4 is 39.9 Å². The minimum absolute atomic E-state index is 0.0410. The van der Waals surface area contributed by atoms with Crippen LogP contribution in [0.1, 0.15) is 5.69 Å². The van der Waals surface area contributed by atoms with Crippen LogP contribution in [0, 0.1) is 13.7 Å². The van der Waals surface area contributed by atoms with E-state index in [4.69, 9.17) is 11.6 Å². The molecule has 0 unspecified atom stereocenters. The first-order valence-corrected chi connectivity index (χ1v) is 5.51. The molecule has 1 heterocycles. The number of alkyl halides is 4. The van der Waals surface area contributed by atoms with Gasteiger partial charge in [0.05, 0.1) is 22.6 Å². The monoisotopic (exact) mass is 382 g/mol. The topological polar surface area (TPSA) is 65.3 Å². The van der Waals surface area contributed by atoms with E-state index in [1.807, 2.05) is 0 Å². The summed E-state index contributed by atoms with van der Waals surface area (Å²) >= 11 is 7.01. The highest BCUT2D eigenvalue weighted by Gasteiger charge is 2.33. The first kappa shape index (κ1) is 14.2. The second kappa shape index (κ2) is 5.21. The van der Waals surface area contributed by atoms with E-state index in [0.29, 0.717) is 6.07 Å². The maximum Gasteiger partial charge on any atom is 0.574 e. The van der Waals surface area contributed by atoms with Crippen LogP contribution in [0.4, 0.5) is 18.9 Å². The maximum absolute atomic E-state index is 11.9. The predicted molar refractivity (Wildman–Crippen MR) is 59.8 cm³/mol. The summed E-state index contributed by atoms with van der Waals surface area (Å²) < 4.78 is 39.4. The lowest BCUT2D eigenvalue weighted by Gasteiger charge is -2.09. The third-order valence-corrected chi connectivity index (χ3v) is 2.96. The number of pyridine rings is 1. The molecule has 0 aliphatic heterocycles. The van der Waals surface area contributed by atoms with E-state index in [1.165, 1.54) is 0 Å². The Bertz CT molecular complexity index is 455. The van der Waals surface area contributed by atoms with Gasteiger partial charge >= 0.3 is 6.36 Å². The Morgan fingerprint density at radius 1 is 1.59 bits per heavy atom. The SMILES string of the molecule is O=[N+]([O-])c1cc(OC(F)(F)F)nc(CCl)c1I. The molecule has 0 aliphatic carbocycles. The molecule has 0 radical (unpaired) electrons. The van der Waals surface area contributed by atoms with Gasteiger partial charge < -0.3 is 4.74 Å². The van der Waals surface area contributed by atoms with Crippen molar-refractivity contribution in [2.45, 2.75) is 12.2 Å². The summed E-state index contributed by atoms with van der Waals surface area (Å²) in [6.45, 7) is 0. The second-order valence-electron chi connectivity index (χ2n) is 2.68. The van der Waals surface area contributed by atoms with Crippen LogP contribution in [-0.2, 0) is 5.88 Å². The first-order chi connectivity index (χ1) is 7.74. The number of hydrogen-bond donors (Lipinski definition) is 0. The van der Waals surface area contributed by atoms with E-state index in [-0.39, 0.29) is 15.1 Å². The van der Waals surface area contributed by atoms with E-state index in [1.54, 1.807) is 22.6 Å². The predicted octanol–water partition coefficient (Wildman–Crippen LogP) is 3.23.